The van der Waals surface area contributed by atoms with Crippen LogP contribution in [0.2, 0.25) is 0 Å². The Labute approximate surface area is 91.1 Å². The predicted octanol–water partition coefficient (Wildman–Crippen LogP) is 1.98. The zero-order valence-corrected chi connectivity index (χ0v) is 9.19. The van der Waals surface area contributed by atoms with E-state index in [4.69, 9.17) is 5.11 Å². The minimum absolute atomic E-state index is 0.0491. The Morgan fingerprint density at radius 2 is 2.33 bits per heavy atom. The first-order chi connectivity index (χ1) is 7.27. The maximum absolute atomic E-state index is 8.88. The first-order valence-corrected chi connectivity index (χ1v) is 5.15. The van der Waals surface area contributed by atoms with Crippen molar-refractivity contribution in [2.45, 2.75) is 19.4 Å². The molecule has 3 nitrogen and oxygen atoms in total. The number of aromatic nitrogens is 1. The molecule has 82 valence electrons. The summed E-state index contributed by atoms with van der Waals surface area (Å²) in [4.78, 5) is 6.37. The van der Waals surface area contributed by atoms with Crippen LogP contribution in [0, 0.1) is 0 Å². The Morgan fingerprint density at radius 3 is 2.87 bits per heavy atom. The number of rotatable bonds is 6. The third kappa shape index (κ3) is 3.72. The molecule has 1 rings (SSSR count). The normalized spacial score (nSPS) is 10.0. The summed E-state index contributed by atoms with van der Waals surface area (Å²) in [5.74, 6) is 0.941. The number of allylic oxidation sites excluding steroid dienone is 1. The lowest BCUT2D eigenvalue weighted by Gasteiger charge is -2.17. The number of anilines is 1. The second-order valence-electron chi connectivity index (χ2n) is 3.54. The van der Waals surface area contributed by atoms with E-state index in [1.165, 1.54) is 0 Å². The van der Waals surface area contributed by atoms with Gasteiger partial charge >= 0.3 is 0 Å². The van der Waals surface area contributed by atoms with Crippen LogP contribution in [0.1, 0.15) is 18.4 Å². The lowest BCUT2D eigenvalue weighted by Crippen LogP contribution is -2.19. The molecule has 0 atom stereocenters. The average Bonchev–Trinajstić information content (AvgIpc) is 2.29. The summed E-state index contributed by atoms with van der Waals surface area (Å²) < 4.78 is 0. The summed E-state index contributed by atoms with van der Waals surface area (Å²) >= 11 is 0. The van der Waals surface area contributed by atoms with Gasteiger partial charge in [-0.1, -0.05) is 12.1 Å². The molecule has 1 aromatic rings. The molecule has 1 N–H and O–H groups in total. The molecule has 0 saturated heterocycles. The molecular formula is C12H18N2O. The largest absolute Gasteiger partial charge is 0.392 e. The van der Waals surface area contributed by atoms with Crippen LogP contribution >= 0.6 is 0 Å². The Morgan fingerprint density at radius 1 is 1.53 bits per heavy atom. The second kappa shape index (κ2) is 6.19. The fraction of sp³-hybridized carbons (Fsp3) is 0.417. The molecular weight excluding hydrogens is 188 g/mol. The van der Waals surface area contributed by atoms with E-state index in [1.54, 1.807) is 6.20 Å². The first kappa shape index (κ1) is 11.7. The van der Waals surface area contributed by atoms with E-state index in [-0.39, 0.29) is 6.61 Å². The smallest absolute Gasteiger partial charge is 0.128 e. The van der Waals surface area contributed by atoms with Crippen molar-refractivity contribution in [1.82, 2.24) is 4.98 Å². The van der Waals surface area contributed by atoms with E-state index < -0.39 is 0 Å². The number of pyridine rings is 1. The maximum Gasteiger partial charge on any atom is 0.128 e. The Bertz CT molecular complexity index is 295. The standard InChI is InChI=1S/C12H18N2O/c1-3-4-5-8-14(2)12-7-6-11(10-15)9-13-12/h3,6-7,9,15H,1,4-5,8,10H2,2H3. The quantitative estimate of drug-likeness (QED) is 0.571. The molecule has 0 saturated carbocycles. The van der Waals surface area contributed by atoms with Gasteiger partial charge in [-0.25, -0.2) is 4.98 Å². The maximum atomic E-state index is 8.88. The van der Waals surface area contributed by atoms with Crippen molar-refractivity contribution in [3.05, 3.63) is 36.5 Å². The fourth-order valence-electron chi connectivity index (χ4n) is 1.32. The minimum atomic E-state index is 0.0491. The molecule has 3 heteroatoms. The molecule has 15 heavy (non-hydrogen) atoms. The number of nitrogens with zero attached hydrogens (tertiary/aromatic N) is 2. The SMILES string of the molecule is C=CCCCN(C)c1ccc(CO)cn1. The topological polar surface area (TPSA) is 36.4 Å². The molecule has 1 heterocycles. The zero-order chi connectivity index (χ0) is 11.1. The number of hydrogen-bond acceptors (Lipinski definition) is 3. The van der Waals surface area contributed by atoms with Gasteiger partial charge in [0.1, 0.15) is 5.82 Å². The van der Waals surface area contributed by atoms with E-state index in [0.717, 1.165) is 30.8 Å². The van der Waals surface area contributed by atoms with E-state index in [9.17, 15) is 0 Å². The number of hydrogen-bond donors (Lipinski definition) is 1. The van der Waals surface area contributed by atoms with Crippen LogP contribution in [0.4, 0.5) is 5.82 Å². The van der Waals surface area contributed by atoms with Gasteiger partial charge in [0.25, 0.3) is 0 Å². The molecule has 0 aliphatic rings. The van der Waals surface area contributed by atoms with E-state index in [2.05, 4.69) is 16.5 Å². The van der Waals surface area contributed by atoms with E-state index in [0.29, 0.717) is 0 Å². The van der Waals surface area contributed by atoms with Gasteiger partial charge in [0.2, 0.25) is 0 Å². The van der Waals surface area contributed by atoms with Crippen LogP contribution in [-0.2, 0) is 6.61 Å². The van der Waals surface area contributed by atoms with Gasteiger partial charge in [-0.15, -0.1) is 6.58 Å². The molecule has 1 aromatic heterocycles. The third-order valence-electron chi connectivity index (χ3n) is 2.28. The highest BCUT2D eigenvalue weighted by Crippen LogP contribution is 2.10. The lowest BCUT2D eigenvalue weighted by atomic mass is 10.2. The van der Waals surface area contributed by atoms with Crippen molar-refractivity contribution in [3.63, 3.8) is 0 Å². The predicted molar refractivity (Wildman–Crippen MR) is 62.9 cm³/mol. The summed E-state index contributed by atoms with van der Waals surface area (Å²) in [5, 5.41) is 8.88. The van der Waals surface area contributed by atoms with Gasteiger partial charge in [0, 0.05) is 19.8 Å². The summed E-state index contributed by atoms with van der Waals surface area (Å²) in [7, 11) is 2.02. The van der Waals surface area contributed by atoms with Gasteiger partial charge in [-0.3, -0.25) is 0 Å². The highest BCUT2D eigenvalue weighted by atomic mass is 16.3. The van der Waals surface area contributed by atoms with Crippen molar-refractivity contribution in [2.24, 2.45) is 0 Å². The van der Waals surface area contributed by atoms with Gasteiger partial charge in [-0.2, -0.15) is 0 Å². The zero-order valence-electron chi connectivity index (χ0n) is 9.19. The van der Waals surface area contributed by atoms with Crippen molar-refractivity contribution in [2.75, 3.05) is 18.5 Å². The van der Waals surface area contributed by atoms with E-state index >= 15 is 0 Å². The number of unbranched alkanes of at least 4 members (excludes halogenated alkanes) is 1. The molecule has 0 aliphatic carbocycles. The van der Waals surface area contributed by atoms with Crippen LogP contribution < -0.4 is 4.90 Å². The van der Waals surface area contributed by atoms with Gasteiger partial charge in [-0.05, 0) is 24.5 Å². The number of aliphatic hydroxyl groups excluding tert-OH is 1. The van der Waals surface area contributed by atoms with Crippen LogP contribution in [0.25, 0.3) is 0 Å². The highest BCUT2D eigenvalue weighted by molar-refractivity contribution is 5.37. The molecule has 0 aromatic carbocycles. The molecule has 0 aliphatic heterocycles. The van der Waals surface area contributed by atoms with Gasteiger partial charge in [0.15, 0.2) is 0 Å². The van der Waals surface area contributed by atoms with Crippen molar-refractivity contribution >= 4 is 5.82 Å². The molecule has 0 amide bonds. The third-order valence-corrected chi connectivity index (χ3v) is 2.28. The Kier molecular flexibility index (Phi) is 4.84. The van der Waals surface area contributed by atoms with Crippen molar-refractivity contribution in [3.8, 4) is 0 Å². The summed E-state index contributed by atoms with van der Waals surface area (Å²) in [6.07, 6.45) is 5.75. The Hall–Kier alpha value is -1.35. The minimum Gasteiger partial charge on any atom is -0.392 e. The van der Waals surface area contributed by atoms with Gasteiger partial charge < -0.3 is 10.0 Å². The first-order valence-electron chi connectivity index (χ1n) is 5.15. The van der Waals surface area contributed by atoms with Gasteiger partial charge in [0.05, 0.1) is 6.61 Å². The van der Waals surface area contributed by atoms with Crippen molar-refractivity contribution in [1.29, 1.82) is 0 Å². The fourth-order valence-corrected chi connectivity index (χ4v) is 1.32. The summed E-state index contributed by atoms with van der Waals surface area (Å²) in [6.45, 7) is 4.71. The molecule has 0 bridgehead atoms. The summed E-state index contributed by atoms with van der Waals surface area (Å²) in [5.41, 5.74) is 0.846. The Balaban J connectivity index is 2.50. The van der Waals surface area contributed by atoms with Crippen LogP contribution in [0.15, 0.2) is 31.0 Å². The van der Waals surface area contributed by atoms with Crippen LogP contribution in [0.3, 0.4) is 0 Å². The monoisotopic (exact) mass is 206 g/mol. The summed E-state index contributed by atoms with van der Waals surface area (Å²) in [6, 6.07) is 3.83. The van der Waals surface area contributed by atoms with Crippen LogP contribution in [0.5, 0.6) is 0 Å². The average molecular weight is 206 g/mol. The van der Waals surface area contributed by atoms with Crippen molar-refractivity contribution < 1.29 is 5.11 Å². The molecule has 0 radical (unpaired) electrons. The van der Waals surface area contributed by atoms with Crippen LogP contribution in [-0.4, -0.2) is 23.7 Å². The number of aliphatic hydroxyl groups is 1. The molecule has 0 fully saturated rings. The molecule has 0 unspecified atom stereocenters. The lowest BCUT2D eigenvalue weighted by molar-refractivity contribution is 0.281. The van der Waals surface area contributed by atoms with E-state index in [1.807, 2.05) is 25.3 Å². The second-order valence-corrected chi connectivity index (χ2v) is 3.54. The highest BCUT2D eigenvalue weighted by Gasteiger charge is 2.01. The molecule has 0 spiro atoms.